The molecule has 1 aliphatic carbocycles. The molecule has 0 saturated carbocycles. The Morgan fingerprint density at radius 3 is 3.06 bits per heavy atom. The summed E-state index contributed by atoms with van der Waals surface area (Å²) in [4.78, 5) is 0. The zero-order valence-corrected chi connectivity index (χ0v) is 10.2. The highest BCUT2D eigenvalue weighted by Crippen LogP contribution is 2.17. The Morgan fingerprint density at radius 1 is 1.38 bits per heavy atom. The van der Waals surface area contributed by atoms with Crippen molar-refractivity contribution in [1.29, 1.82) is 0 Å². The lowest BCUT2D eigenvalue weighted by molar-refractivity contribution is 0.491. The van der Waals surface area contributed by atoms with E-state index in [0.29, 0.717) is 12.5 Å². The molecule has 0 aromatic rings. The summed E-state index contributed by atoms with van der Waals surface area (Å²) >= 11 is 0. The zero-order valence-electron chi connectivity index (χ0n) is 10.2. The van der Waals surface area contributed by atoms with Crippen LogP contribution in [0.1, 0.15) is 44.9 Å². The van der Waals surface area contributed by atoms with Crippen molar-refractivity contribution < 1.29 is 0 Å². The maximum Gasteiger partial charge on any atom is 0.0322 e. The second kappa shape index (κ2) is 8.24. The number of hydrogen-bond donors (Lipinski definition) is 2. The van der Waals surface area contributed by atoms with Gasteiger partial charge in [-0.05, 0) is 25.7 Å². The molecule has 2 heteroatoms. The Morgan fingerprint density at radius 2 is 2.25 bits per heavy atom. The van der Waals surface area contributed by atoms with Crippen LogP contribution in [0.25, 0.3) is 0 Å². The highest BCUT2D eigenvalue weighted by molar-refractivity contribution is 5.04. The molecule has 0 saturated heterocycles. The lowest BCUT2D eigenvalue weighted by atomic mass is 9.94. The molecule has 0 spiro atoms. The van der Waals surface area contributed by atoms with Crippen LogP contribution in [0.3, 0.4) is 0 Å². The summed E-state index contributed by atoms with van der Waals surface area (Å²) in [6, 6.07) is 0. The van der Waals surface area contributed by atoms with E-state index in [1.165, 1.54) is 38.5 Å². The Kier molecular flexibility index (Phi) is 6.76. The molecule has 2 nitrogen and oxygen atoms in total. The average Bonchev–Trinajstić information content (AvgIpc) is 2.26. The summed E-state index contributed by atoms with van der Waals surface area (Å²) in [5.41, 5.74) is 6.38. The van der Waals surface area contributed by atoms with Gasteiger partial charge in [0.25, 0.3) is 0 Å². The maximum atomic E-state index is 5.45. The normalized spacial score (nSPS) is 20.2. The highest BCUT2D eigenvalue weighted by Gasteiger charge is 2.06. The monoisotopic (exact) mass is 220 g/mol. The summed E-state index contributed by atoms with van der Waals surface area (Å²) in [6.07, 6.45) is 8.74. The molecular weight excluding hydrogens is 196 g/mol. The van der Waals surface area contributed by atoms with Gasteiger partial charge in [-0.1, -0.05) is 25.3 Å². The standard InChI is InChI=1S/C14H24N2/c1-13(12-15)16-11-7-10-14-8-5-3-2-4-6-9-14/h14,16H,1-5,7-8,10-12,15H2. The van der Waals surface area contributed by atoms with Gasteiger partial charge < -0.3 is 11.1 Å². The van der Waals surface area contributed by atoms with Crippen molar-refractivity contribution in [1.82, 2.24) is 5.32 Å². The van der Waals surface area contributed by atoms with Crippen molar-refractivity contribution in [3.05, 3.63) is 12.3 Å². The minimum atomic E-state index is 0.531. The smallest absolute Gasteiger partial charge is 0.0322 e. The number of nitrogens with two attached hydrogens (primary N) is 1. The first-order chi connectivity index (χ1) is 7.83. The second-order valence-corrected chi connectivity index (χ2v) is 4.49. The topological polar surface area (TPSA) is 38.0 Å². The summed E-state index contributed by atoms with van der Waals surface area (Å²) in [7, 11) is 0. The Balaban J connectivity index is 2.13. The molecule has 0 aromatic heterocycles. The number of nitrogens with one attached hydrogen (secondary N) is 1. The molecule has 0 aromatic carbocycles. The van der Waals surface area contributed by atoms with Crippen LogP contribution < -0.4 is 11.1 Å². The van der Waals surface area contributed by atoms with Crippen molar-refractivity contribution in [2.45, 2.75) is 44.9 Å². The van der Waals surface area contributed by atoms with E-state index < -0.39 is 0 Å². The third-order valence-electron chi connectivity index (χ3n) is 3.01. The Bertz CT molecular complexity index is 260. The molecule has 1 atom stereocenters. The first-order valence-electron chi connectivity index (χ1n) is 6.43. The van der Waals surface area contributed by atoms with Gasteiger partial charge >= 0.3 is 0 Å². The van der Waals surface area contributed by atoms with Crippen molar-refractivity contribution in [2.24, 2.45) is 11.7 Å². The van der Waals surface area contributed by atoms with E-state index in [9.17, 15) is 0 Å². The Labute approximate surface area is 99.7 Å². The molecule has 90 valence electrons. The van der Waals surface area contributed by atoms with E-state index in [0.717, 1.165) is 18.7 Å². The highest BCUT2D eigenvalue weighted by atomic mass is 14.9. The van der Waals surface area contributed by atoms with Crippen LogP contribution >= 0.6 is 0 Å². The third-order valence-corrected chi connectivity index (χ3v) is 3.01. The van der Waals surface area contributed by atoms with Gasteiger partial charge in [-0.25, -0.2) is 0 Å². The summed E-state index contributed by atoms with van der Waals surface area (Å²) in [6.45, 7) is 5.33. The van der Waals surface area contributed by atoms with Crippen LogP contribution in [0.2, 0.25) is 0 Å². The molecule has 0 bridgehead atoms. The molecular formula is C14H24N2. The Hall–Kier alpha value is -0.940. The quantitative estimate of drug-likeness (QED) is 0.533. The van der Waals surface area contributed by atoms with Crippen molar-refractivity contribution in [3.8, 4) is 11.8 Å². The first-order valence-corrected chi connectivity index (χ1v) is 6.43. The summed E-state index contributed by atoms with van der Waals surface area (Å²) in [5.74, 6) is 7.31. The molecule has 1 unspecified atom stereocenters. The van der Waals surface area contributed by atoms with E-state index in [2.05, 4.69) is 23.7 Å². The van der Waals surface area contributed by atoms with E-state index in [-0.39, 0.29) is 0 Å². The lowest BCUT2D eigenvalue weighted by Gasteiger charge is -2.13. The van der Waals surface area contributed by atoms with Crippen LogP contribution in [0, 0.1) is 17.8 Å². The summed E-state index contributed by atoms with van der Waals surface area (Å²) < 4.78 is 0. The van der Waals surface area contributed by atoms with Gasteiger partial charge in [0, 0.05) is 31.1 Å². The molecule has 0 amide bonds. The molecule has 0 fully saturated rings. The van der Waals surface area contributed by atoms with E-state index in [1.807, 2.05) is 0 Å². The molecule has 1 rings (SSSR count). The molecule has 1 aliphatic rings. The van der Waals surface area contributed by atoms with Gasteiger partial charge in [-0.15, -0.1) is 5.92 Å². The van der Waals surface area contributed by atoms with Crippen molar-refractivity contribution in [2.75, 3.05) is 13.1 Å². The van der Waals surface area contributed by atoms with Crippen LogP contribution in [-0.2, 0) is 0 Å². The zero-order chi connectivity index (χ0) is 11.6. The second-order valence-electron chi connectivity index (χ2n) is 4.49. The van der Waals surface area contributed by atoms with E-state index in [4.69, 9.17) is 5.73 Å². The number of hydrogen-bond acceptors (Lipinski definition) is 2. The third kappa shape index (κ3) is 5.82. The van der Waals surface area contributed by atoms with Crippen molar-refractivity contribution in [3.63, 3.8) is 0 Å². The average molecular weight is 220 g/mol. The van der Waals surface area contributed by atoms with Crippen LogP contribution in [-0.4, -0.2) is 13.1 Å². The van der Waals surface area contributed by atoms with Crippen LogP contribution in [0.4, 0.5) is 0 Å². The fourth-order valence-electron chi connectivity index (χ4n) is 1.97. The lowest BCUT2D eigenvalue weighted by Crippen LogP contribution is -2.20. The van der Waals surface area contributed by atoms with Crippen molar-refractivity contribution >= 4 is 0 Å². The fourth-order valence-corrected chi connectivity index (χ4v) is 1.97. The number of rotatable bonds is 6. The van der Waals surface area contributed by atoms with Gasteiger partial charge in [0.2, 0.25) is 0 Å². The molecule has 3 N–H and O–H groups in total. The minimum Gasteiger partial charge on any atom is -0.388 e. The molecule has 0 radical (unpaired) electrons. The largest absolute Gasteiger partial charge is 0.388 e. The van der Waals surface area contributed by atoms with Gasteiger partial charge in [0.05, 0.1) is 0 Å². The molecule has 0 aliphatic heterocycles. The summed E-state index contributed by atoms with van der Waals surface area (Å²) in [5, 5.41) is 3.23. The van der Waals surface area contributed by atoms with Gasteiger partial charge in [-0.2, -0.15) is 0 Å². The van der Waals surface area contributed by atoms with Gasteiger partial charge in [-0.3, -0.25) is 0 Å². The van der Waals surface area contributed by atoms with Crippen LogP contribution in [0.5, 0.6) is 0 Å². The predicted molar refractivity (Wildman–Crippen MR) is 69.8 cm³/mol. The molecule has 16 heavy (non-hydrogen) atoms. The van der Waals surface area contributed by atoms with E-state index in [1.54, 1.807) is 0 Å². The minimum absolute atomic E-state index is 0.531. The SMILES string of the molecule is C=C(CN)NCCCC1C#CCCCCC1. The van der Waals surface area contributed by atoms with Crippen LogP contribution in [0.15, 0.2) is 12.3 Å². The predicted octanol–water partition coefficient (Wildman–Crippen LogP) is 2.41. The first kappa shape index (κ1) is 13.1. The molecule has 0 heterocycles. The maximum absolute atomic E-state index is 5.45. The fraction of sp³-hybridized carbons (Fsp3) is 0.714. The van der Waals surface area contributed by atoms with E-state index >= 15 is 0 Å². The van der Waals surface area contributed by atoms with Gasteiger partial charge in [0.15, 0.2) is 0 Å². The van der Waals surface area contributed by atoms with Gasteiger partial charge in [0.1, 0.15) is 0 Å².